The fourth-order valence-electron chi connectivity index (χ4n) is 0.819. The van der Waals surface area contributed by atoms with Gasteiger partial charge in [0.2, 0.25) is 0 Å². The van der Waals surface area contributed by atoms with Crippen molar-refractivity contribution in [1.29, 1.82) is 0 Å². The lowest BCUT2D eigenvalue weighted by Gasteiger charge is -2.24. The second-order valence-corrected chi connectivity index (χ2v) is 3.35. The molecule has 0 aliphatic heterocycles. The van der Waals surface area contributed by atoms with Crippen LogP contribution in [0.1, 0.15) is 20.8 Å². The smallest absolute Gasteiger partial charge is 0.0859 e. The highest BCUT2D eigenvalue weighted by Gasteiger charge is 2.17. The van der Waals surface area contributed by atoms with Crippen molar-refractivity contribution in [1.82, 2.24) is 5.32 Å². The van der Waals surface area contributed by atoms with Crippen LogP contribution >= 0.6 is 0 Å². The number of ether oxygens (including phenoxy) is 2. The zero-order chi connectivity index (χ0) is 9.45. The molecule has 12 heavy (non-hydrogen) atoms. The van der Waals surface area contributed by atoms with Crippen molar-refractivity contribution in [3.05, 3.63) is 0 Å². The van der Waals surface area contributed by atoms with E-state index in [1.807, 2.05) is 27.8 Å². The topological polar surface area (TPSA) is 30.5 Å². The van der Waals surface area contributed by atoms with Crippen LogP contribution in [0.5, 0.6) is 0 Å². The molecule has 74 valence electrons. The van der Waals surface area contributed by atoms with Gasteiger partial charge in [-0.1, -0.05) is 0 Å². The summed E-state index contributed by atoms with van der Waals surface area (Å²) in [6.45, 7) is 9.10. The van der Waals surface area contributed by atoms with E-state index in [0.29, 0.717) is 6.61 Å². The molecule has 0 rings (SSSR count). The number of hydrogen-bond acceptors (Lipinski definition) is 3. The summed E-state index contributed by atoms with van der Waals surface area (Å²) in [7, 11) is 1.92. The van der Waals surface area contributed by atoms with E-state index in [1.165, 1.54) is 0 Å². The number of rotatable bonds is 7. The van der Waals surface area contributed by atoms with Crippen molar-refractivity contribution in [2.24, 2.45) is 0 Å². The van der Waals surface area contributed by atoms with Crippen molar-refractivity contribution in [2.75, 3.05) is 33.4 Å². The first-order chi connectivity index (χ1) is 5.62. The lowest BCUT2D eigenvalue weighted by atomic mass is 10.1. The third-order valence-corrected chi connectivity index (χ3v) is 1.50. The zero-order valence-corrected chi connectivity index (χ0v) is 8.64. The molecule has 0 aliphatic carbocycles. The SMILES string of the molecule is CCOCC(C)(C)OCCNC. The molecule has 0 aromatic rings. The number of hydrogen-bond donors (Lipinski definition) is 1. The Hall–Kier alpha value is -0.120. The minimum atomic E-state index is -0.160. The second-order valence-electron chi connectivity index (χ2n) is 3.35. The summed E-state index contributed by atoms with van der Waals surface area (Å²) in [5.41, 5.74) is -0.160. The standard InChI is InChI=1S/C9H21NO2/c1-5-11-8-9(2,3)12-7-6-10-4/h10H,5-8H2,1-4H3. The second kappa shape index (κ2) is 6.40. The predicted octanol–water partition coefficient (Wildman–Crippen LogP) is 1.04. The van der Waals surface area contributed by atoms with Crippen LogP contribution in [0.2, 0.25) is 0 Å². The Kier molecular flexibility index (Phi) is 6.34. The molecule has 0 fully saturated rings. The fraction of sp³-hybridized carbons (Fsp3) is 1.00. The summed E-state index contributed by atoms with van der Waals surface area (Å²) in [6, 6.07) is 0. The van der Waals surface area contributed by atoms with Gasteiger partial charge in [0.15, 0.2) is 0 Å². The third kappa shape index (κ3) is 6.58. The normalized spacial score (nSPS) is 12.0. The Bertz CT molecular complexity index is 105. The quantitative estimate of drug-likeness (QED) is 0.586. The van der Waals surface area contributed by atoms with E-state index in [2.05, 4.69) is 5.32 Å². The summed E-state index contributed by atoms with van der Waals surface area (Å²) in [6.07, 6.45) is 0. The largest absolute Gasteiger partial charge is 0.379 e. The highest BCUT2D eigenvalue weighted by molar-refractivity contribution is 4.67. The molecule has 3 nitrogen and oxygen atoms in total. The zero-order valence-electron chi connectivity index (χ0n) is 8.64. The molecule has 0 unspecified atom stereocenters. The van der Waals surface area contributed by atoms with E-state index in [9.17, 15) is 0 Å². The average molecular weight is 175 g/mol. The number of nitrogens with one attached hydrogen (secondary N) is 1. The lowest BCUT2D eigenvalue weighted by molar-refractivity contribution is -0.0712. The molecule has 3 heteroatoms. The molecule has 1 N–H and O–H groups in total. The minimum absolute atomic E-state index is 0.160. The first-order valence-electron chi connectivity index (χ1n) is 4.48. The Labute approximate surface area is 75.4 Å². The Morgan fingerprint density at radius 1 is 1.33 bits per heavy atom. The molecule has 0 bridgehead atoms. The van der Waals surface area contributed by atoms with Gasteiger partial charge >= 0.3 is 0 Å². The predicted molar refractivity (Wildman–Crippen MR) is 50.5 cm³/mol. The molecule has 0 radical (unpaired) electrons. The molecular formula is C9H21NO2. The maximum atomic E-state index is 5.58. The van der Waals surface area contributed by atoms with Crippen molar-refractivity contribution >= 4 is 0 Å². The average Bonchev–Trinajstić information content (AvgIpc) is 2.01. The minimum Gasteiger partial charge on any atom is -0.379 e. The Morgan fingerprint density at radius 3 is 2.50 bits per heavy atom. The van der Waals surface area contributed by atoms with Crippen LogP contribution in [-0.4, -0.2) is 39.0 Å². The first-order valence-corrected chi connectivity index (χ1v) is 4.48. The monoisotopic (exact) mass is 175 g/mol. The number of likely N-dealkylation sites (N-methyl/N-ethyl adjacent to an activating group) is 1. The van der Waals surface area contributed by atoms with E-state index >= 15 is 0 Å². The summed E-state index contributed by atoms with van der Waals surface area (Å²) < 4.78 is 10.9. The van der Waals surface area contributed by atoms with Gasteiger partial charge in [0.05, 0.1) is 18.8 Å². The molecule has 0 amide bonds. The van der Waals surface area contributed by atoms with Gasteiger partial charge in [-0.3, -0.25) is 0 Å². The van der Waals surface area contributed by atoms with Crippen molar-refractivity contribution in [2.45, 2.75) is 26.4 Å². The van der Waals surface area contributed by atoms with E-state index in [-0.39, 0.29) is 5.60 Å². The molecule has 0 atom stereocenters. The summed E-state index contributed by atoms with van der Waals surface area (Å²) in [5, 5.41) is 3.03. The maximum absolute atomic E-state index is 5.58. The molecule has 0 aromatic heterocycles. The van der Waals surface area contributed by atoms with E-state index in [1.54, 1.807) is 0 Å². The molecule has 0 aliphatic rings. The molecular weight excluding hydrogens is 154 g/mol. The van der Waals surface area contributed by atoms with Crippen LogP contribution in [-0.2, 0) is 9.47 Å². The van der Waals surface area contributed by atoms with Crippen LogP contribution in [0, 0.1) is 0 Å². The van der Waals surface area contributed by atoms with Gasteiger partial charge in [-0.25, -0.2) is 0 Å². The molecule has 0 heterocycles. The third-order valence-electron chi connectivity index (χ3n) is 1.50. The van der Waals surface area contributed by atoms with Crippen LogP contribution in [0.25, 0.3) is 0 Å². The van der Waals surface area contributed by atoms with Crippen LogP contribution in [0.15, 0.2) is 0 Å². The molecule has 0 saturated heterocycles. The van der Waals surface area contributed by atoms with E-state index < -0.39 is 0 Å². The van der Waals surface area contributed by atoms with Crippen molar-refractivity contribution in [3.8, 4) is 0 Å². The van der Waals surface area contributed by atoms with Crippen LogP contribution in [0.4, 0.5) is 0 Å². The molecule has 0 spiro atoms. The Morgan fingerprint density at radius 2 is 2.00 bits per heavy atom. The van der Waals surface area contributed by atoms with Gasteiger partial charge in [-0.15, -0.1) is 0 Å². The molecule has 0 saturated carbocycles. The van der Waals surface area contributed by atoms with Crippen LogP contribution < -0.4 is 5.32 Å². The lowest BCUT2D eigenvalue weighted by Crippen LogP contribution is -2.33. The van der Waals surface area contributed by atoms with Crippen molar-refractivity contribution in [3.63, 3.8) is 0 Å². The van der Waals surface area contributed by atoms with Crippen LogP contribution in [0.3, 0.4) is 0 Å². The fourth-order valence-corrected chi connectivity index (χ4v) is 0.819. The van der Waals surface area contributed by atoms with Gasteiger partial charge in [0.1, 0.15) is 0 Å². The summed E-state index contributed by atoms with van der Waals surface area (Å²) >= 11 is 0. The van der Waals surface area contributed by atoms with Crippen molar-refractivity contribution < 1.29 is 9.47 Å². The van der Waals surface area contributed by atoms with E-state index in [0.717, 1.165) is 19.8 Å². The maximum Gasteiger partial charge on any atom is 0.0859 e. The first kappa shape index (κ1) is 11.9. The summed E-state index contributed by atoms with van der Waals surface area (Å²) in [4.78, 5) is 0. The summed E-state index contributed by atoms with van der Waals surface area (Å²) in [5.74, 6) is 0. The van der Waals surface area contributed by atoms with Gasteiger partial charge in [-0.05, 0) is 27.8 Å². The van der Waals surface area contributed by atoms with E-state index in [4.69, 9.17) is 9.47 Å². The van der Waals surface area contributed by atoms with Gasteiger partial charge in [0, 0.05) is 13.2 Å². The highest BCUT2D eigenvalue weighted by Crippen LogP contribution is 2.08. The Balaban J connectivity index is 3.42. The molecule has 0 aromatic carbocycles. The van der Waals surface area contributed by atoms with Gasteiger partial charge in [-0.2, -0.15) is 0 Å². The highest BCUT2D eigenvalue weighted by atomic mass is 16.5. The van der Waals surface area contributed by atoms with Gasteiger partial charge < -0.3 is 14.8 Å². The van der Waals surface area contributed by atoms with Gasteiger partial charge in [0.25, 0.3) is 0 Å².